The summed E-state index contributed by atoms with van der Waals surface area (Å²) in [6, 6.07) is 0. The highest BCUT2D eigenvalue weighted by molar-refractivity contribution is 7.47. The number of aliphatic hydroxyl groups excluding tert-OH is 1. The SMILES string of the molecule is CCC(C)CCCCCCCCCCC(=O)O[C@H](COC(=O)CCCCCCCCCCCCCCCC(C)C)COP(=O)(O)OC[C@@H](O)COP(=O)(O)OC[C@@H](COC(=O)CCCCCCCCC(C)CC)OC(=O)CCCCCCCCCCCC(C)C. The summed E-state index contributed by atoms with van der Waals surface area (Å²) >= 11 is 0. The molecule has 0 aromatic rings. The van der Waals surface area contributed by atoms with Gasteiger partial charge < -0.3 is 33.8 Å². The Morgan fingerprint density at radius 2 is 0.533 bits per heavy atom. The van der Waals surface area contributed by atoms with E-state index in [4.69, 9.17) is 37.0 Å². The van der Waals surface area contributed by atoms with Gasteiger partial charge in [-0.3, -0.25) is 37.3 Å². The Kier molecular flexibility index (Phi) is 59.4. The van der Waals surface area contributed by atoms with Gasteiger partial charge in [0, 0.05) is 25.7 Å². The number of hydrogen-bond donors (Lipinski definition) is 3. The molecule has 0 saturated heterocycles. The van der Waals surface area contributed by atoms with Crippen LogP contribution in [0.4, 0.5) is 0 Å². The third kappa shape index (κ3) is 62.2. The van der Waals surface area contributed by atoms with Crippen molar-refractivity contribution < 1.29 is 80.2 Å². The van der Waals surface area contributed by atoms with Crippen LogP contribution in [0, 0.1) is 23.7 Å². The minimum absolute atomic E-state index is 0.104. The second-order valence-corrected chi connectivity index (χ2v) is 30.0. The van der Waals surface area contributed by atoms with Crippen LogP contribution in [0.3, 0.4) is 0 Å². The molecule has 0 aromatic heterocycles. The van der Waals surface area contributed by atoms with Gasteiger partial charge in [-0.25, -0.2) is 9.13 Å². The van der Waals surface area contributed by atoms with Gasteiger partial charge in [0.1, 0.15) is 19.3 Å². The Morgan fingerprint density at radius 3 is 0.789 bits per heavy atom. The molecule has 0 radical (unpaired) electrons. The average Bonchev–Trinajstić information content (AvgIpc) is 3.52. The second kappa shape index (κ2) is 60.7. The van der Waals surface area contributed by atoms with Gasteiger partial charge in [0.05, 0.1) is 26.4 Å². The number of phosphoric acid groups is 2. The van der Waals surface area contributed by atoms with E-state index in [1.807, 2.05) is 0 Å². The number of unbranched alkanes of at least 4 members (excludes halogenated alkanes) is 32. The molecule has 0 aliphatic heterocycles. The minimum atomic E-state index is -4.95. The third-order valence-corrected chi connectivity index (χ3v) is 18.9. The summed E-state index contributed by atoms with van der Waals surface area (Å²) in [7, 11) is -9.90. The van der Waals surface area contributed by atoms with E-state index in [2.05, 4.69) is 55.4 Å². The maximum atomic E-state index is 13.0. The van der Waals surface area contributed by atoms with Crippen molar-refractivity contribution in [3.05, 3.63) is 0 Å². The van der Waals surface area contributed by atoms with Crippen molar-refractivity contribution in [2.24, 2.45) is 23.7 Å². The number of ether oxygens (including phenoxy) is 4. The molecule has 7 atom stereocenters. The lowest BCUT2D eigenvalue weighted by Gasteiger charge is -2.21. The predicted molar refractivity (Wildman–Crippen MR) is 363 cm³/mol. The standard InChI is InChI=1S/C71H138O17P2/c1-9-63(7)49-41-33-25-21-22-28-38-46-54-71(76)88-66(57-81-68(73)51-43-35-26-19-15-13-11-12-14-17-23-31-39-47-61(3)4)59-85-89(77,78)83-55-65(72)56-84-90(79,80)86-60-67(58-82-69(74)52-44-36-30-29-34-42-50-64(8)10-2)87-70(75)53-45-37-27-20-16-18-24-32-40-48-62(5)6/h61-67,72H,9-60H2,1-8H3,(H,77,78)(H,79,80)/t63?,64?,65-,66-,67-/m1/s1. The van der Waals surface area contributed by atoms with Crippen LogP contribution in [0.15, 0.2) is 0 Å². The van der Waals surface area contributed by atoms with Crippen LogP contribution in [-0.2, 0) is 65.4 Å². The zero-order valence-electron chi connectivity index (χ0n) is 58.8. The molecule has 0 spiro atoms. The summed E-state index contributed by atoms with van der Waals surface area (Å²) in [6.45, 7) is 14.1. The van der Waals surface area contributed by atoms with Crippen molar-refractivity contribution in [1.82, 2.24) is 0 Å². The fraction of sp³-hybridized carbons (Fsp3) is 0.944. The molecule has 4 unspecified atom stereocenters. The third-order valence-electron chi connectivity index (χ3n) is 17.0. The quantitative estimate of drug-likeness (QED) is 0.0222. The summed E-state index contributed by atoms with van der Waals surface area (Å²) in [5.74, 6) is 0.898. The highest BCUT2D eigenvalue weighted by Crippen LogP contribution is 2.45. The largest absolute Gasteiger partial charge is 0.472 e. The van der Waals surface area contributed by atoms with Crippen LogP contribution < -0.4 is 0 Å². The van der Waals surface area contributed by atoms with Crippen LogP contribution in [0.2, 0.25) is 0 Å². The molecule has 534 valence electrons. The van der Waals surface area contributed by atoms with E-state index in [0.29, 0.717) is 25.7 Å². The Labute approximate surface area is 549 Å². The molecule has 0 fully saturated rings. The lowest BCUT2D eigenvalue weighted by Crippen LogP contribution is -2.30. The summed E-state index contributed by atoms with van der Waals surface area (Å²) in [5, 5.41) is 10.6. The number of carbonyl (C=O) groups excluding carboxylic acids is 4. The van der Waals surface area contributed by atoms with E-state index >= 15 is 0 Å². The normalized spacial score (nSPS) is 14.9. The van der Waals surface area contributed by atoms with Crippen LogP contribution in [0.25, 0.3) is 0 Å². The molecule has 90 heavy (non-hydrogen) atoms. The Morgan fingerprint density at radius 1 is 0.311 bits per heavy atom. The van der Waals surface area contributed by atoms with Crippen molar-refractivity contribution in [2.45, 2.75) is 369 Å². The highest BCUT2D eigenvalue weighted by atomic mass is 31.2. The van der Waals surface area contributed by atoms with Gasteiger partial charge in [-0.05, 0) is 49.4 Å². The van der Waals surface area contributed by atoms with Crippen molar-refractivity contribution in [2.75, 3.05) is 39.6 Å². The Balaban J connectivity index is 5.25. The van der Waals surface area contributed by atoms with Gasteiger partial charge in [0.15, 0.2) is 12.2 Å². The monoisotopic (exact) mass is 1320 g/mol. The lowest BCUT2D eigenvalue weighted by molar-refractivity contribution is -0.161. The summed E-state index contributed by atoms with van der Waals surface area (Å²) in [5.41, 5.74) is 0. The van der Waals surface area contributed by atoms with E-state index in [-0.39, 0.29) is 25.7 Å². The van der Waals surface area contributed by atoms with Crippen LogP contribution in [-0.4, -0.2) is 96.7 Å². The molecule has 0 aromatic carbocycles. The van der Waals surface area contributed by atoms with Crippen molar-refractivity contribution in [3.63, 3.8) is 0 Å². The smallest absolute Gasteiger partial charge is 0.462 e. The van der Waals surface area contributed by atoms with Crippen molar-refractivity contribution >= 4 is 39.5 Å². The number of esters is 4. The van der Waals surface area contributed by atoms with Crippen molar-refractivity contribution in [1.29, 1.82) is 0 Å². The molecule has 0 rings (SSSR count). The van der Waals surface area contributed by atoms with Gasteiger partial charge in [0.25, 0.3) is 0 Å². The summed E-state index contributed by atoms with van der Waals surface area (Å²) in [6.07, 6.45) is 43.0. The zero-order chi connectivity index (χ0) is 66.8. The fourth-order valence-corrected chi connectivity index (χ4v) is 12.2. The maximum Gasteiger partial charge on any atom is 0.472 e. The van der Waals surface area contributed by atoms with E-state index in [1.54, 1.807) is 0 Å². The predicted octanol–water partition coefficient (Wildman–Crippen LogP) is 20.1. The van der Waals surface area contributed by atoms with E-state index in [9.17, 15) is 43.2 Å². The topological polar surface area (TPSA) is 237 Å². The Hall–Kier alpha value is -1.94. The maximum absolute atomic E-state index is 13.0. The fourth-order valence-electron chi connectivity index (χ4n) is 10.6. The first-order chi connectivity index (χ1) is 43.2. The lowest BCUT2D eigenvalue weighted by atomic mass is 9.99. The number of hydrogen-bond acceptors (Lipinski definition) is 15. The molecule has 0 heterocycles. The van der Waals surface area contributed by atoms with E-state index < -0.39 is 97.5 Å². The molecule has 0 aliphatic rings. The summed E-state index contributed by atoms with van der Waals surface area (Å²) < 4.78 is 68.3. The molecule has 3 N–H and O–H groups in total. The van der Waals surface area contributed by atoms with Crippen LogP contribution in [0.1, 0.15) is 351 Å². The molecular formula is C71H138O17P2. The summed E-state index contributed by atoms with van der Waals surface area (Å²) in [4.78, 5) is 72.6. The molecule has 0 aliphatic carbocycles. The molecule has 0 amide bonds. The number of aliphatic hydroxyl groups is 1. The molecule has 17 nitrogen and oxygen atoms in total. The van der Waals surface area contributed by atoms with E-state index in [1.165, 1.54) is 148 Å². The van der Waals surface area contributed by atoms with Crippen LogP contribution >= 0.6 is 15.6 Å². The Bertz CT molecular complexity index is 1790. The van der Waals surface area contributed by atoms with Gasteiger partial charge in [-0.2, -0.15) is 0 Å². The molecule has 19 heteroatoms. The minimum Gasteiger partial charge on any atom is -0.462 e. The molecule has 0 bridgehead atoms. The van der Waals surface area contributed by atoms with Gasteiger partial charge >= 0.3 is 39.5 Å². The number of phosphoric ester groups is 2. The van der Waals surface area contributed by atoms with Gasteiger partial charge in [0.2, 0.25) is 0 Å². The van der Waals surface area contributed by atoms with Crippen molar-refractivity contribution in [3.8, 4) is 0 Å². The number of carbonyl (C=O) groups is 4. The molecule has 0 saturated carbocycles. The first-order valence-corrected chi connectivity index (χ1v) is 39.8. The van der Waals surface area contributed by atoms with Gasteiger partial charge in [-0.1, -0.05) is 299 Å². The zero-order valence-corrected chi connectivity index (χ0v) is 60.6. The average molecular weight is 1330 g/mol. The number of rotatable bonds is 68. The first-order valence-electron chi connectivity index (χ1n) is 36.8. The first kappa shape index (κ1) is 88.1. The van der Waals surface area contributed by atoms with Crippen LogP contribution in [0.5, 0.6) is 0 Å². The second-order valence-electron chi connectivity index (χ2n) is 27.1. The molecular weight excluding hydrogens is 1190 g/mol. The highest BCUT2D eigenvalue weighted by Gasteiger charge is 2.30. The van der Waals surface area contributed by atoms with E-state index in [0.717, 1.165) is 120 Å². The van der Waals surface area contributed by atoms with Gasteiger partial charge in [-0.15, -0.1) is 0 Å².